The van der Waals surface area contributed by atoms with E-state index in [1.807, 2.05) is 0 Å². The maximum atomic E-state index is 2.49. The molecule has 0 aliphatic heterocycles. The van der Waals surface area contributed by atoms with Crippen LogP contribution in [0.15, 0.2) is 255 Å². The second kappa shape index (κ2) is 15.5. The quantitative estimate of drug-likeness (QED) is 0.145. The number of hydrogen-bond acceptors (Lipinski definition) is 1. The van der Waals surface area contributed by atoms with Gasteiger partial charge in [0.05, 0.1) is 16.7 Å². The van der Waals surface area contributed by atoms with Crippen LogP contribution in [0.3, 0.4) is 0 Å². The van der Waals surface area contributed by atoms with E-state index in [9.17, 15) is 0 Å². The molecule has 0 bridgehead atoms. The second-order valence-electron chi connectivity index (χ2n) is 17.2. The lowest BCUT2D eigenvalue weighted by molar-refractivity contribution is 1.18. The number of nitrogens with zero attached hydrogens (tertiary/aromatic N) is 2. The first-order valence-electron chi connectivity index (χ1n) is 22.8. The first-order chi connectivity index (χ1) is 32.8. The fraction of sp³-hybridized carbons (Fsp3) is 0. The highest BCUT2D eigenvalue weighted by atomic mass is 15.1. The van der Waals surface area contributed by atoms with Crippen LogP contribution >= 0.6 is 0 Å². The molecule has 0 spiro atoms. The van der Waals surface area contributed by atoms with Crippen molar-refractivity contribution >= 4 is 82.0 Å². The minimum atomic E-state index is 1.07. The highest BCUT2D eigenvalue weighted by Crippen LogP contribution is 2.51. The summed E-state index contributed by atoms with van der Waals surface area (Å²) in [6.45, 7) is 0. The van der Waals surface area contributed by atoms with Gasteiger partial charge in [0.15, 0.2) is 0 Å². The van der Waals surface area contributed by atoms with Crippen LogP contribution in [0.1, 0.15) is 0 Å². The predicted molar refractivity (Wildman–Crippen MR) is 282 cm³/mol. The fourth-order valence-corrected chi connectivity index (χ4v) is 10.6. The first kappa shape index (κ1) is 37.8. The van der Waals surface area contributed by atoms with E-state index < -0.39 is 0 Å². The van der Waals surface area contributed by atoms with Crippen molar-refractivity contribution < 1.29 is 0 Å². The Morgan fingerprint density at radius 3 is 1.45 bits per heavy atom. The normalized spacial score (nSPS) is 11.6. The molecule has 2 heteroatoms. The van der Waals surface area contributed by atoms with Crippen molar-refractivity contribution in [1.29, 1.82) is 0 Å². The molecule has 0 unspecified atom stereocenters. The van der Waals surface area contributed by atoms with E-state index in [1.54, 1.807) is 0 Å². The molecule has 12 aromatic carbocycles. The van der Waals surface area contributed by atoms with Crippen molar-refractivity contribution in [3.63, 3.8) is 0 Å². The average molecular weight is 839 g/mol. The van der Waals surface area contributed by atoms with E-state index in [4.69, 9.17) is 0 Å². The summed E-state index contributed by atoms with van der Waals surface area (Å²) in [5.74, 6) is 0. The Kier molecular flexibility index (Phi) is 8.89. The van der Waals surface area contributed by atoms with E-state index in [2.05, 4.69) is 264 Å². The van der Waals surface area contributed by atoms with Gasteiger partial charge in [0.1, 0.15) is 0 Å². The fourth-order valence-electron chi connectivity index (χ4n) is 10.6. The minimum absolute atomic E-state index is 1.07. The van der Waals surface area contributed by atoms with Crippen molar-refractivity contribution in [2.45, 2.75) is 0 Å². The standard InChI is InChI=1S/C64H42N2/c1-3-18-43(19-4-1)44-34-36-48(37-35-44)65(49-38-39-57-56-30-15-16-32-61(56)66(63(57)42-49)47-22-5-2-6-23-47)62-33-17-31-58(59-40-45-20-7-9-24-50(45)52-26-11-13-28-54(52)59)64(62)60-41-46-21-8-10-25-51(46)53-27-12-14-29-55(53)60/h1-42H. The third kappa shape index (κ3) is 6.11. The number of aromatic nitrogens is 1. The third-order valence-corrected chi connectivity index (χ3v) is 13.5. The molecule has 0 aliphatic carbocycles. The number of para-hydroxylation sites is 2. The Hall–Kier alpha value is -8.72. The number of fused-ring (bicyclic) bond motifs is 9. The molecule has 0 radical (unpaired) electrons. The van der Waals surface area contributed by atoms with Crippen molar-refractivity contribution in [3.05, 3.63) is 255 Å². The summed E-state index contributed by atoms with van der Waals surface area (Å²) in [7, 11) is 0. The molecule has 0 atom stereocenters. The van der Waals surface area contributed by atoms with Crippen LogP contribution in [-0.4, -0.2) is 4.57 Å². The predicted octanol–water partition coefficient (Wildman–Crippen LogP) is 17.9. The Labute approximate surface area is 383 Å². The summed E-state index contributed by atoms with van der Waals surface area (Å²) in [4.78, 5) is 2.49. The highest BCUT2D eigenvalue weighted by molar-refractivity contribution is 6.20. The summed E-state index contributed by atoms with van der Waals surface area (Å²) in [5, 5.41) is 12.3. The molecular weight excluding hydrogens is 797 g/mol. The molecule has 1 heterocycles. The van der Waals surface area contributed by atoms with Crippen LogP contribution in [0, 0.1) is 0 Å². The molecule has 13 aromatic rings. The zero-order chi connectivity index (χ0) is 43.6. The van der Waals surface area contributed by atoms with Gasteiger partial charge >= 0.3 is 0 Å². The molecule has 308 valence electrons. The molecular formula is C64H42N2. The topological polar surface area (TPSA) is 8.17 Å². The lowest BCUT2D eigenvalue weighted by Crippen LogP contribution is -2.12. The lowest BCUT2D eigenvalue weighted by atomic mass is 9.85. The van der Waals surface area contributed by atoms with Gasteiger partial charge in [-0.05, 0) is 132 Å². The van der Waals surface area contributed by atoms with Crippen LogP contribution in [0.25, 0.3) is 104 Å². The van der Waals surface area contributed by atoms with Crippen LogP contribution in [0.2, 0.25) is 0 Å². The van der Waals surface area contributed by atoms with Gasteiger partial charge < -0.3 is 9.47 Å². The molecule has 0 saturated carbocycles. The van der Waals surface area contributed by atoms with Crippen LogP contribution in [0.4, 0.5) is 17.1 Å². The maximum Gasteiger partial charge on any atom is 0.0561 e. The second-order valence-corrected chi connectivity index (χ2v) is 17.2. The zero-order valence-electron chi connectivity index (χ0n) is 36.1. The van der Waals surface area contributed by atoms with E-state index >= 15 is 0 Å². The van der Waals surface area contributed by atoms with Crippen LogP contribution in [0.5, 0.6) is 0 Å². The molecule has 0 saturated heterocycles. The van der Waals surface area contributed by atoms with Gasteiger partial charge in [-0.2, -0.15) is 0 Å². The minimum Gasteiger partial charge on any atom is -0.310 e. The van der Waals surface area contributed by atoms with Crippen LogP contribution in [-0.2, 0) is 0 Å². The Balaban J connectivity index is 1.16. The number of anilines is 3. The Bertz CT molecular complexity index is 3980. The van der Waals surface area contributed by atoms with Gasteiger partial charge in [0, 0.05) is 33.4 Å². The Morgan fingerprint density at radius 2 is 0.773 bits per heavy atom. The maximum absolute atomic E-state index is 2.49. The largest absolute Gasteiger partial charge is 0.310 e. The zero-order valence-corrected chi connectivity index (χ0v) is 36.1. The highest BCUT2D eigenvalue weighted by Gasteiger charge is 2.25. The van der Waals surface area contributed by atoms with E-state index in [0.29, 0.717) is 0 Å². The van der Waals surface area contributed by atoms with Crippen molar-refractivity contribution in [1.82, 2.24) is 4.57 Å². The van der Waals surface area contributed by atoms with Crippen LogP contribution < -0.4 is 4.90 Å². The van der Waals surface area contributed by atoms with E-state index in [1.165, 1.54) is 92.8 Å². The lowest BCUT2D eigenvalue weighted by Gasteiger charge is -2.30. The number of rotatable bonds is 7. The van der Waals surface area contributed by atoms with Gasteiger partial charge in [-0.3, -0.25) is 0 Å². The summed E-state index contributed by atoms with van der Waals surface area (Å²) in [6, 6.07) is 93.6. The van der Waals surface area contributed by atoms with Crippen molar-refractivity contribution in [2.24, 2.45) is 0 Å². The third-order valence-electron chi connectivity index (χ3n) is 13.5. The molecule has 0 amide bonds. The molecule has 0 N–H and O–H groups in total. The van der Waals surface area contributed by atoms with Gasteiger partial charge in [-0.1, -0.05) is 194 Å². The monoisotopic (exact) mass is 838 g/mol. The molecule has 13 rings (SSSR count). The number of benzene rings is 12. The molecule has 66 heavy (non-hydrogen) atoms. The smallest absolute Gasteiger partial charge is 0.0561 e. The summed E-state index contributed by atoms with van der Waals surface area (Å²) in [6.07, 6.45) is 0. The van der Waals surface area contributed by atoms with E-state index in [0.717, 1.165) is 28.3 Å². The van der Waals surface area contributed by atoms with Gasteiger partial charge in [-0.25, -0.2) is 0 Å². The summed E-state index contributed by atoms with van der Waals surface area (Å²) >= 11 is 0. The van der Waals surface area contributed by atoms with Crippen molar-refractivity contribution in [2.75, 3.05) is 4.90 Å². The Morgan fingerprint density at radius 1 is 0.273 bits per heavy atom. The summed E-state index contributed by atoms with van der Waals surface area (Å²) in [5.41, 5.74) is 13.8. The van der Waals surface area contributed by atoms with Gasteiger partial charge in [0.25, 0.3) is 0 Å². The molecule has 0 fully saturated rings. The SMILES string of the molecule is c1ccc(-c2ccc(N(c3ccc4c5ccccc5n(-c5ccccc5)c4c3)c3cccc(-c4cc5ccccc5c5ccccc45)c3-c3cc4ccccc4c4ccccc34)cc2)cc1. The number of hydrogen-bond donors (Lipinski definition) is 0. The van der Waals surface area contributed by atoms with Gasteiger partial charge in [0.2, 0.25) is 0 Å². The van der Waals surface area contributed by atoms with Gasteiger partial charge in [-0.15, -0.1) is 0 Å². The van der Waals surface area contributed by atoms with Crippen molar-refractivity contribution in [3.8, 4) is 39.1 Å². The molecule has 0 aliphatic rings. The molecule has 1 aromatic heterocycles. The molecule has 2 nitrogen and oxygen atoms in total. The van der Waals surface area contributed by atoms with E-state index in [-0.39, 0.29) is 0 Å². The first-order valence-corrected chi connectivity index (χ1v) is 22.8. The summed E-state index contributed by atoms with van der Waals surface area (Å²) < 4.78 is 2.42. The average Bonchev–Trinajstić information content (AvgIpc) is 3.72.